The second-order valence-electron chi connectivity index (χ2n) is 7.16. The molecule has 7 nitrogen and oxygen atoms in total. The Bertz CT molecular complexity index is 438. The third-order valence-electron chi connectivity index (χ3n) is 4.26. The van der Waals surface area contributed by atoms with E-state index in [-0.39, 0.29) is 5.92 Å². The highest BCUT2D eigenvalue weighted by molar-refractivity contribution is 5.89. The quantitative estimate of drug-likeness (QED) is 0.715. The van der Waals surface area contributed by atoms with Crippen molar-refractivity contribution in [2.75, 3.05) is 7.11 Å². The largest absolute Gasteiger partial charge is 0.480 e. The van der Waals surface area contributed by atoms with Crippen LogP contribution in [0.15, 0.2) is 0 Å². The first-order chi connectivity index (χ1) is 10.7. The third-order valence-corrected chi connectivity index (χ3v) is 4.26. The lowest BCUT2D eigenvalue weighted by atomic mass is 9.82. The van der Waals surface area contributed by atoms with Crippen LogP contribution in [-0.2, 0) is 14.3 Å². The number of methoxy groups -OCH3 is 1. The molecule has 0 aromatic heterocycles. The predicted octanol–water partition coefficient (Wildman–Crippen LogP) is 1.91. The topological polar surface area (TPSA) is 105 Å². The van der Waals surface area contributed by atoms with E-state index in [1.165, 1.54) is 7.11 Å². The molecule has 1 aliphatic carbocycles. The zero-order valence-corrected chi connectivity index (χ0v) is 14.3. The van der Waals surface area contributed by atoms with Crippen LogP contribution in [0.4, 0.5) is 4.79 Å². The number of carbonyl (C=O) groups excluding carboxylic acids is 2. The number of alkyl carbamates (subject to hydrolysis) is 1. The van der Waals surface area contributed by atoms with Crippen LogP contribution >= 0.6 is 0 Å². The number of hydrogen-bond acceptors (Lipinski definition) is 4. The summed E-state index contributed by atoms with van der Waals surface area (Å²) in [6, 6.07) is -1.80. The Morgan fingerprint density at radius 2 is 1.65 bits per heavy atom. The van der Waals surface area contributed by atoms with E-state index in [0.29, 0.717) is 0 Å². The minimum Gasteiger partial charge on any atom is -0.480 e. The van der Waals surface area contributed by atoms with Gasteiger partial charge in [-0.05, 0) is 24.2 Å². The zero-order chi connectivity index (χ0) is 17.6. The number of nitrogens with one attached hydrogen (secondary N) is 2. The fourth-order valence-electron chi connectivity index (χ4n) is 2.93. The molecule has 1 saturated carbocycles. The van der Waals surface area contributed by atoms with E-state index < -0.39 is 35.5 Å². The summed E-state index contributed by atoms with van der Waals surface area (Å²) in [5, 5.41) is 14.5. The molecule has 23 heavy (non-hydrogen) atoms. The van der Waals surface area contributed by atoms with Crippen molar-refractivity contribution in [3.63, 3.8) is 0 Å². The summed E-state index contributed by atoms with van der Waals surface area (Å²) in [5.74, 6) is -1.56. The van der Waals surface area contributed by atoms with Gasteiger partial charge < -0.3 is 20.5 Å². The number of rotatable bonds is 5. The molecule has 2 atom stereocenters. The van der Waals surface area contributed by atoms with Crippen LogP contribution in [0.3, 0.4) is 0 Å². The van der Waals surface area contributed by atoms with Crippen LogP contribution in [-0.4, -0.2) is 42.3 Å². The monoisotopic (exact) mass is 328 g/mol. The van der Waals surface area contributed by atoms with Gasteiger partial charge in [-0.15, -0.1) is 0 Å². The average Bonchev–Trinajstić information content (AvgIpc) is 2.49. The van der Waals surface area contributed by atoms with E-state index in [4.69, 9.17) is 0 Å². The van der Waals surface area contributed by atoms with Gasteiger partial charge in [0.15, 0.2) is 0 Å². The number of ether oxygens (including phenoxy) is 1. The van der Waals surface area contributed by atoms with Gasteiger partial charge in [-0.3, -0.25) is 4.79 Å². The van der Waals surface area contributed by atoms with Gasteiger partial charge in [0, 0.05) is 0 Å². The Labute approximate surface area is 137 Å². The maximum Gasteiger partial charge on any atom is 0.407 e. The molecule has 1 aliphatic rings. The average molecular weight is 328 g/mol. The van der Waals surface area contributed by atoms with Crippen LogP contribution < -0.4 is 10.6 Å². The van der Waals surface area contributed by atoms with Gasteiger partial charge in [-0.1, -0.05) is 40.0 Å². The van der Waals surface area contributed by atoms with Crippen molar-refractivity contribution in [2.45, 2.75) is 65.0 Å². The van der Waals surface area contributed by atoms with Crippen molar-refractivity contribution in [2.24, 2.45) is 11.3 Å². The van der Waals surface area contributed by atoms with E-state index in [1.807, 2.05) is 0 Å². The molecular formula is C16H28N2O5. The van der Waals surface area contributed by atoms with Crippen molar-refractivity contribution < 1.29 is 24.2 Å². The van der Waals surface area contributed by atoms with E-state index in [9.17, 15) is 19.5 Å². The Kier molecular flexibility index (Phi) is 6.84. The maximum absolute atomic E-state index is 12.6. The fraction of sp³-hybridized carbons (Fsp3) is 0.812. The highest BCUT2D eigenvalue weighted by Gasteiger charge is 2.37. The van der Waals surface area contributed by atoms with Crippen molar-refractivity contribution >= 4 is 18.0 Å². The summed E-state index contributed by atoms with van der Waals surface area (Å²) < 4.78 is 4.60. The molecule has 132 valence electrons. The van der Waals surface area contributed by atoms with Gasteiger partial charge in [0.05, 0.1) is 7.11 Å². The highest BCUT2D eigenvalue weighted by atomic mass is 16.5. The van der Waals surface area contributed by atoms with Crippen molar-refractivity contribution in [1.29, 1.82) is 0 Å². The number of hydrogen-bond donors (Lipinski definition) is 3. The lowest BCUT2D eigenvalue weighted by Gasteiger charge is -2.33. The van der Waals surface area contributed by atoms with Crippen LogP contribution in [0.1, 0.15) is 52.9 Å². The van der Waals surface area contributed by atoms with E-state index >= 15 is 0 Å². The van der Waals surface area contributed by atoms with Gasteiger partial charge in [0.2, 0.25) is 5.91 Å². The summed E-state index contributed by atoms with van der Waals surface area (Å²) in [6.45, 7) is 5.24. The molecule has 2 amide bonds. The summed E-state index contributed by atoms with van der Waals surface area (Å²) >= 11 is 0. The minimum absolute atomic E-state index is 0.00253. The summed E-state index contributed by atoms with van der Waals surface area (Å²) in [7, 11) is 1.24. The molecule has 0 aromatic rings. The first-order valence-electron chi connectivity index (χ1n) is 8.04. The molecule has 0 aliphatic heterocycles. The van der Waals surface area contributed by atoms with Gasteiger partial charge in [-0.2, -0.15) is 0 Å². The molecule has 0 spiro atoms. The molecule has 3 N–H and O–H groups in total. The molecule has 0 heterocycles. The summed E-state index contributed by atoms with van der Waals surface area (Å²) in [4.78, 5) is 35.6. The smallest absolute Gasteiger partial charge is 0.407 e. The molecular weight excluding hydrogens is 300 g/mol. The Morgan fingerprint density at radius 3 is 2.09 bits per heavy atom. The number of carboxylic acid groups (broad SMARTS) is 1. The van der Waals surface area contributed by atoms with Crippen molar-refractivity contribution in [1.82, 2.24) is 10.6 Å². The number of carbonyl (C=O) groups is 3. The van der Waals surface area contributed by atoms with Gasteiger partial charge in [-0.25, -0.2) is 9.59 Å². The normalized spacial score (nSPS) is 18.6. The first kappa shape index (κ1) is 19.3. The molecule has 1 fully saturated rings. The van der Waals surface area contributed by atoms with E-state index in [0.717, 1.165) is 32.1 Å². The van der Waals surface area contributed by atoms with E-state index in [1.54, 1.807) is 20.8 Å². The lowest BCUT2D eigenvalue weighted by molar-refractivity contribution is -0.145. The molecule has 7 heteroatoms. The van der Waals surface area contributed by atoms with Gasteiger partial charge in [0.1, 0.15) is 12.1 Å². The molecule has 1 rings (SSSR count). The van der Waals surface area contributed by atoms with Gasteiger partial charge >= 0.3 is 12.1 Å². The molecule has 0 aromatic carbocycles. The zero-order valence-electron chi connectivity index (χ0n) is 14.3. The fourth-order valence-corrected chi connectivity index (χ4v) is 2.93. The number of amides is 2. The second kappa shape index (κ2) is 8.17. The van der Waals surface area contributed by atoms with E-state index in [2.05, 4.69) is 15.4 Å². The lowest BCUT2D eigenvalue weighted by Crippen LogP contribution is -2.57. The standard InChI is InChI=1S/C16H28N2O5/c1-16(2,3)12(14(20)21)18-13(19)11(17-15(22)23-4)10-8-6-5-7-9-10/h10-12H,5-9H2,1-4H3,(H,17,22)(H,18,19)(H,20,21)/t11-,12+/m0/s1. The number of aliphatic carboxylic acids is 1. The Morgan fingerprint density at radius 1 is 1.09 bits per heavy atom. The highest BCUT2D eigenvalue weighted by Crippen LogP contribution is 2.27. The Hall–Kier alpha value is -1.79. The Balaban J connectivity index is 2.88. The second-order valence-corrected chi connectivity index (χ2v) is 7.16. The SMILES string of the molecule is COC(=O)N[C@H](C(=O)N[C@H](C(=O)O)C(C)(C)C)C1CCCCC1. The van der Waals surface area contributed by atoms with Gasteiger partial charge in [0.25, 0.3) is 0 Å². The number of carboxylic acids is 1. The summed E-state index contributed by atoms with van der Waals surface area (Å²) in [6.07, 6.45) is 4.09. The van der Waals surface area contributed by atoms with Crippen molar-refractivity contribution in [3.8, 4) is 0 Å². The van der Waals surface area contributed by atoms with Crippen LogP contribution in [0.2, 0.25) is 0 Å². The molecule has 0 bridgehead atoms. The third kappa shape index (κ3) is 5.73. The summed E-state index contributed by atoms with van der Waals surface area (Å²) in [5.41, 5.74) is -0.635. The predicted molar refractivity (Wildman–Crippen MR) is 84.9 cm³/mol. The molecule has 0 radical (unpaired) electrons. The molecule has 0 saturated heterocycles. The first-order valence-corrected chi connectivity index (χ1v) is 8.04. The molecule has 0 unspecified atom stereocenters. The maximum atomic E-state index is 12.6. The van der Waals surface area contributed by atoms with Crippen LogP contribution in [0.25, 0.3) is 0 Å². The van der Waals surface area contributed by atoms with Crippen LogP contribution in [0.5, 0.6) is 0 Å². The van der Waals surface area contributed by atoms with Crippen LogP contribution in [0, 0.1) is 11.3 Å². The van der Waals surface area contributed by atoms with Crippen molar-refractivity contribution in [3.05, 3.63) is 0 Å². The minimum atomic E-state index is -1.09.